The van der Waals surface area contributed by atoms with Gasteiger partial charge in [0, 0.05) is 32.3 Å². The van der Waals surface area contributed by atoms with Crippen molar-refractivity contribution in [2.75, 3.05) is 26.2 Å². The minimum atomic E-state index is -0.839. The lowest BCUT2D eigenvalue weighted by Gasteiger charge is -2.40. The standard InChI is InChI=1S/C14H24N2O4/c17-10-11-4-7-15(8-5-11)14(20)16-6-2-1-3-12(16)9-13(18)19/h11-12,17H,1-10H2,(H,18,19). The molecule has 0 aromatic carbocycles. The minimum absolute atomic E-state index is 0.0210. The van der Waals surface area contributed by atoms with Crippen LogP contribution >= 0.6 is 0 Å². The lowest BCUT2D eigenvalue weighted by atomic mass is 9.97. The summed E-state index contributed by atoms with van der Waals surface area (Å²) in [5, 5.41) is 18.1. The number of aliphatic hydroxyl groups excluding tert-OH is 1. The van der Waals surface area contributed by atoms with Crippen molar-refractivity contribution < 1.29 is 19.8 Å². The molecule has 0 spiro atoms. The van der Waals surface area contributed by atoms with E-state index in [9.17, 15) is 9.59 Å². The van der Waals surface area contributed by atoms with Crippen LogP contribution in [0.15, 0.2) is 0 Å². The molecule has 2 aliphatic rings. The number of piperidine rings is 2. The van der Waals surface area contributed by atoms with Crippen molar-refractivity contribution in [3.63, 3.8) is 0 Å². The van der Waals surface area contributed by atoms with E-state index in [1.54, 1.807) is 4.90 Å². The van der Waals surface area contributed by atoms with E-state index < -0.39 is 5.97 Å². The highest BCUT2D eigenvalue weighted by molar-refractivity contribution is 5.76. The van der Waals surface area contributed by atoms with Crippen LogP contribution in [0.1, 0.15) is 38.5 Å². The van der Waals surface area contributed by atoms with E-state index in [2.05, 4.69) is 0 Å². The lowest BCUT2D eigenvalue weighted by Crippen LogP contribution is -2.52. The van der Waals surface area contributed by atoms with Gasteiger partial charge in [0.1, 0.15) is 0 Å². The molecule has 6 nitrogen and oxygen atoms in total. The van der Waals surface area contributed by atoms with Crippen LogP contribution in [0.25, 0.3) is 0 Å². The van der Waals surface area contributed by atoms with E-state index in [1.165, 1.54) is 0 Å². The Bertz CT molecular complexity index is 353. The maximum atomic E-state index is 12.5. The topological polar surface area (TPSA) is 81.1 Å². The normalized spacial score (nSPS) is 24.8. The first kappa shape index (κ1) is 15.1. The lowest BCUT2D eigenvalue weighted by molar-refractivity contribution is -0.138. The largest absolute Gasteiger partial charge is 0.481 e. The predicted octanol–water partition coefficient (Wildman–Crippen LogP) is 1.14. The molecule has 0 aromatic heterocycles. The maximum Gasteiger partial charge on any atom is 0.320 e. The van der Waals surface area contributed by atoms with Gasteiger partial charge in [0.25, 0.3) is 0 Å². The Morgan fingerprint density at radius 2 is 1.75 bits per heavy atom. The first-order chi connectivity index (χ1) is 9.61. The molecular weight excluding hydrogens is 260 g/mol. The third kappa shape index (κ3) is 3.62. The number of carboxylic acid groups (broad SMARTS) is 1. The number of carboxylic acids is 1. The molecule has 6 heteroatoms. The summed E-state index contributed by atoms with van der Waals surface area (Å²) in [6.45, 7) is 2.19. The monoisotopic (exact) mass is 284 g/mol. The van der Waals surface area contributed by atoms with Crippen molar-refractivity contribution in [2.45, 2.75) is 44.6 Å². The average molecular weight is 284 g/mol. The second-order valence-corrected chi connectivity index (χ2v) is 5.84. The van der Waals surface area contributed by atoms with E-state index in [-0.39, 0.29) is 25.1 Å². The second kappa shape index (κ2) is 6.92. The number of urea groups is 1. The van der Waals surface area contributed by atoms with Crippen LogP contribution in [0.3, 0.4) is 0 Å². The van der Waals surface area contributed by atoms with Crippen molar-refractivity contribution in [1.82, 2.24) is 9.80 Å². The smallest absolute Gasteiger partial charge is 0.320 e. The molecule has 2 aliphatic heterocycles. The summed E-state index contributed by atoms with van der Waals surface area (Å²) in [4.78, 5) is 27.0. The Kier molecular flexibility index (Phi) is 5.23. The van der Waals surface area contributed by atoms with Gasteiger partial charge in [-0.3, -0.25) is 4.79 Å². The Morgan fingerprint density at radius 1 is 1.05 bits per heavy atom. The predicted molar refractivity (Wildman–Crippen MR) is 73.4 cm³/mol. The fraction of sp³-hybridized carbons (Fsp3) is 0.857. The van der Waals surface area contributed by atoms with E-state index in [1.807, 2.05) is 4.90 Å². The highest BCUT2D eigenvalue weighted by atomic mass is 16.4. The number of carbonyl (C=O) groups is 2. The molecule has 2 fully saturated rings. The van der Waals surface area contributed by atoms with Gasteiger partial charge in [0.05, 0.1) is 6.42 Å². The zero-order valence-electron chi connectivity index (χ0n) is 11.8. The molecule has 0 saturated carbocycles. The Labute approximate surface area is 119 Å². The van der Waals surface area contributed by atoms with Crippen molar-refractivity contribution >= 4 is 12.0 Å². The van der Waals surface area contributed by atoms with Gasteiger partial charge in [0.15, 0.2) is 0 Å². The van der Waals surface area contributed by atoms with Gasteiger partial charge in [-0.15, -0.1) is 0 Å². The van der Waals surface area contributed by atoms with Crippen molar-refractivity contribution in [3.8, 4) is 0 Å². The minimum Gasteiger partial charge on any atom is -0.481 e. The molecule has 2 heterocycles. The highest BCUT2D eigenvalue weighted by Crippen LogP contribution is 2.24. The molecule has 2 N–H and O–H groups in total. The number of aliphatic carboxylic acids is 1. The van der Waals surface area contributed by atoms with Gasteiger partial charge in [-0.25, -0.2) is 4.79 Å². The number of amides is 2. The third-order valence-corrected chi connectivity index (χ3v) is 4.43. The molecule has 2 rings (SSSR count). The first-order valence-corrected chi connectivity index (χ1v) is 7.50. The number of rotatable bonds is 3. The molecule has 0 bridgehead atoms. The van der Waals surface area contributed by atoms with Crippen molar-refractivity contribution in [3.05, 3.63) is 0 Å². The van der Waals surface area contributed by atoms with Gasteiger partial charge in [-0.2, -0.15) is 0 Å². The van der Waals surface area contributed by atoms with E-state index >= 15 is 0 Å². The number of hydrogen-bond acceptors (Lipinski definition) is 3. The zero-order valence-corrected chi connectivity index (χ0v) is 11.8. The number of nitrogens with zero attached hydrogens (tertiary/aromatic N) is 2. The van der Waals surface area contributed by atoms with Crippen LogP contribution in [0, 0.1) is 5.92 Å². The van der Waals surface area contributed by atoms with Crippen LogP contribution in [-0.4, -0.2) is 64.3 Å². The number of likely N-dealkylation sites (tertiary alicyclic amines) is 2. The molecule has 2 saturated heterocycles. The number of carbonyl (C=O) groups excluding carboxylic acids is 1. The highest BCUT2D eigenvalue weighted by Gasteiger charge is 2.32. The summed E-state index contributed by atoms with van der Waals surface area (Å²) < 4.78 is 0. The molecule has 114 valence electrons. The molecule has 2 amide bonds. The fourth-order valence-electron chi connectivity index (χ4n) is 3.15. The van der Waals surface area contributed by atoms with Crippen LogP contribution in [0.2, 0.25) is 0 Å². The number of aliphatic hydroxyl groups is 1. The molecule has 0 aliphatic carbocycles. The fourth-order valence-corrected chi connectivity index (χ4v) is 3.15. The van der Waals surface area contributed by atoms with Gasteiger partial charge in [0.2, 0.25) is 0 Å². The van der Waals surface area contributed by atoms with Crippen LogP contribution in [0.5, 0.6) is 0 Å². The third-order valence-electron chi connectivity index (χ3n) is 4.43. The van der Waals surface area contributed by atoms with Gasteiger partial charge >= 0.3 is 12.0 Å². The first-order valence-electron chi connectivity index (χ1n) is 7.50. The summed E-state index contributed by atoms with van der Waals surface area (Å²) in [6.07, 6.45) is 4.44. The summed E-state index contributed by atoms with van der Waals surface area (Å²) in [5.41, 5.74) is 0. The van der Waals surface area contributed by atoms with Gasteiger partial charge < -0.3 is 20.0 Å². The molecular formula is C14H24N2O4. The Morgan fingerprint density at radius 3 is 2.35 bits per heavy atom. The Balaban J connectivity index is 1.94. The van der Waals surface area contributed by atoms with Crippen LogP contribution in [0.4, 0.5) is 4.79 Å². The average Bonchev–Trinajstić information content (AvgIpc) is 2.46. The molecule has 0 aromatic rings. The van der Waals surface area contributed by atoms with E-state index in [0.717, 1.165) is 32.1 Å². The van der Waals surface area contributed by atoms with Gasteiger partial charge in [-0.1, -0.05) is 0 Å². The molecule has 0 radical (unpaired) electrons. The zero-order chi connectivity index (χ0) is 14.5. The van der Waals surface area contributed by atoms with E-state index in [0.29, 0.717) is 25.6 Å². The summed E-state index contributed by atoms with van der Waals surface area (Å²) in [5.74, 6) is -0.538. The number of hydrogen-bond donors (Lipinski definition) is 2. The SMILES string of the molecule is O=C(O)CC1CCCCN1C(=O)N1CCC(CO)CC1. The molecule has 1 atom stereocenters. The summed E-state index contributed by atoms with van der Waals surface area (Å²) >= 11 is 0. The van der Waals surface area contributed by atoms with Crippen LogP contribution in [-0.2, 0) is 4.79 Å². The van der Waals surface area contributed by atoms with Crippen molar-refractivity contribution in [2.24, 2.45) is 5.92 Å². The quantitative estimate of drug-likeness (QED) is 0.814. The van der Waals surface area contributed by atoms with Crippen molar-refractivity contribution in [1.29, 1.82) is 0 Å². The van der Waals surface area contributed by atoms with E-state index in [4.69, 9.17) is 10.2 Å². The Hall–Kier alpha value is -1.30. The van der Waals surface area contributed by atoms with Gasteiger partial charge in [-0.05, 0) is 38.0 Å². The maximum absolute atomic E-state index is 12.5. The summed E-state index contributed by atoms with van der Waals surface area (Å²) in [7, 11) is 0. The van der Waals surface area contributed by atoms with Crippen LogP contribution < -0.4 is 0 Å². The molecule has 20 heavy (non-hydrogen) atoms. The second-order valence-electron chi connectivity index (χ2n) is 5.84. The summed E-state index contributed by atoms with van der Waals surface area (Å²) in [6, 6.07) is -0.184. The molecule has 1 unspecified atom stereocenters.